The Labute approximate surface area is 144 Å². The molecule has 0 N–H and O–H groups in total. The number of unbranched alkanes of at least 4 members (excludes halogenated alkanes) is 3. The molecule has 0 saturated heterocycles. The number of rotatable bonds is 8. The largest absolute Gasteiger partial charge is 0.463 e. The van der Waals surface area contributed by atoms with Crippen LogP contribution in [0.25, 0.3) is 0 Å². The third-order valence-electron chi connectivity index (χ3n) is 3.05. The lowest BCUT2D eigenvalue weighted by atomic mass is 10.2. The number of carbonyl (C=O) groups excluding carboxylic acids is 2. The van der Waals surface area contributed by atoms with Gasteiger partial charge in [-0.25, -0.2) is 4.79 Å². The predicted molar refractivity (Wildman–Crippen MR) is 92.9 cm³/mol. The number of halogens is 1. The molecule has 0 aromatic carbocycles. The maximum absolute atomic E-state index is 11.1. The zero-order chi connectivity index (χ0) is 14.8. The smallest absolute Gasteiger partial charge is 0.330 e. The van der Waals surface area contributed by atoms with E-state index >= 15 is 0 Å². The van der Waals surface area contributed by atoms with Gasteiger partial charge in [0.1, 0.15) is 0 Å². The van der Waals surface area contributed by atoms with Gasteiger partial charge in [0.05, 0.1) is 13.3 Å². The van der Waals surface area contributed by atoms with Crippen molar-refractivity contribution in [1.29, 1.82) is 0 Å². The van der Waals surface area contributed by atoms with Crippen molar-refractivity contribution >= 4 is 35.9 Å². The quantitative estimate of drug-likeness (QED) is 0.268. The Morgan fingerprint density at radius 1 is 1.24 bits per heavy atom. The second kappa shape index (κ2) is 11.6. The van der Waals surface area contributed by atoms with E-state index < -0.39 is 0 Å². The fourth-order valence-electron chi connectivity index (χ4n) is 1.94. The highest BCUT2D eigenvalue weighted by molar-refractivity contribution is 14.0. The molecule has 5 nitrogen and oxygen atoms in total. The molecular formula is C15H25IN2O3. The molecule has 0 atom stereocenters. The van der Waals surface area contributed by atoms with Gasteiger partial charge in [-0.15, -0.1) is 24.0 Å². The zero-order valence-electron chi connectivity index (χ0n) is 12.8. The number of hydrogen-bond acceptors (Lipinski definition) is 4. The normalized spacial score (nSPS) is 13.6. The van der Waals surface area contributed by atoms with Gasteiger partial charge in [-0.1, -0.05) is 12.5 Å². The van der Waals surface area contributed by atoms with Crippen LogP contribution in [0, 0.1) is 0 Å². The number of esters is 1. The van der Waals surface area contributed by atoms with Gasteiger partial charge in [0.25, 0.3) is 0 Å². The number of amides is 1. The van der Waals surface area contributed by atoms with E-state index in [1.54, 1.807) is 18.7 Å². The highest BCUT2D eigenvalue weighted by atomic mass is 127. The molecule has 0 unspecified atom stereocenters. The molecule has 0 saturated carbocycles. The van der Waals surface area contributed by atoms with Crippen molar-refractivity contribution in [3.63, 3.8) is 0 Å². The van der Waals surface area contributed by atoms with Crippen LogP contribution in [0.5, 0.6) is 0 Å². The minimum absolute atomic E-state index is 0. The van der Waals surface area contributed by atoms with Gasteiger partial charge < -0.3 is 9.64 Å². The van der Waals surface area contributed by atoms with Crippen LogP contribution in [0.15, 0.2) is 24.6 Å². The predicted octanol–water partition coefficient (Wildman–Crippen LogP) is 2.88. The van der Waals surface area contributed by atoms with E-state index in [0.717, 1.165) is 32.2 Å². The van der Waals surface area contributed by atoms with Crippen molar-refractivity contribution in [1.82, 2.24) is 9.80 Å². The van der Waals surface area contributed by atoms with Crippen LogP contribution in [0.2, 0.25) is 0 Å². The molecule has 0 aromatic heterocycles. The van der Waals surface area contributed by atoms with Crippen LogP contribution >= 0.6 is 24.0 Å². The van der Waals surface area contributed by atoms with Crippen molar-refractivity contribution in [3.05, 3.63) is 24.6 Å². The molecule has 0 aliphatic carbocycles. The summed E-state index contributed by atoms with van der Waals surface area (Å²) in [5, 5.41) is 0. The maximum atomic E-state index is 11.1. The van der Waals surface area contributed by atoms with Crippen LogP contribution in [-0.4, -0.2) is 41.5 Å². The molecule has 21 heavy (non-hydrogen) atoms. The summed E-state index contributed by atoms with van der Waals surface area (Å²) in [4.78, 5) is 26.0. The van der Waals surface area contributed by atoms with E-state index in [4.69, 9.17) is 4.74 Å². The average Bonchev–Trinajstić information content (AvgIpc) is 2.87. The van der Waals surface area contributed by atoms with E-state index in [9.17, 15) is 9.59 Å². The standard InChI is InChI=1S/C15H24N2O3.HI/c1-3-20-15(19)9-7-5-4-6-8-10-16-11-12-17(13-16)14(2)18;/h7,9,11-12H,3-6,8,10,13H2,1-2H3;1H/b9-7+;. The Balaban J connectivity index is 0.00000400. The molecule has 0 bridgehead atoms. The number of hydrogen-bond donors (Lipinski definition) is 0. The Morgan fingerprint density at radius 3 is 2.62 bits per heavy atom. The van der Waals surface area contributed by atoms with Gasteiger partial charge in [-0.3, -0.25) is 9.69 Å². The van der Waals surface area contributed by atoms with Gasteiger partial charge in [0, 0.05) is 31.9 Å². The monoisotopic (exact) mass is 408 g/mol. The first-order valence-electron chi connectivity index (χ1n) is 7.16. The molecule has 0 spiro atoms. The third kappa shape index (κ3) is 8.75. The molecule has 120 valence electrons. The highest BCUT2D eigenvalue weighted by Gasteiger charge is 2.14. The lowest BCUT2D eigenvalue weighted by molar-refractivity contribution is -0.137. The number of allylic oxidation sites excluding steroid dienone is 1. The summed E-state index contributed by atoms with van der Waals surface area (Å²) < 4.78 is 4.79. The summed E-state index contributed by atoms with van der Waals surface area (Å²) in [6.07, 6.45) is 11.3. The van der Waals surface area contributed by atoms with E-state index in [1.807, 2.05) is 18.5 Å². The molecular weight excluding hydrogens is 383 g/mol. The van der Waals surface area contributed by atoms with Crippen LogP contribution in [0.1, 0.15) is 39.5 Å². The Morgan fingerprint density at radius 2 is 2.00 bits per heavy atom. The first-order valence-corrected chi connectivity index (χ1v) is 7.16. The maximum Gasteiger partial charge on any atom is 0.330 e. The topological polar surface area (TPSA) is 49.9 Å². The number of nitrogens with zero attached hydrogens (tertiary/aromatic N) is 2. The Kier molecular flexibility index (Phi) is 11.0. The Hall–Kier alpha value is -1.05. The highest BCUT2D eigenvalue weighted by Crippen LogP contribution is 2.09. The number of carbonyl (C=O) groups is 2. The molecule has 0 radical (unpaired) electrons. The second-order valence-corrected chi connectivity index (χ2v) is 4.74. The first kappa shape index (κ1) is 19.9. The molecule has 1 rings (SSSR count). The fourth-order valence-corrected chi connectivity index (χ4v) is 1.94. The molecule has 0 aromatic rings. The van der Waals surface area contributed by atoms with E-state index in [1.165, 1.54) is 6.08 Å². The molecule has 0 fully saturated rings. The summed E-state index contributed by atoms with van der Waals surface area (Å²) in [5.74, 6) is -0.188. The van der Waals surface area contributed by atoms with Crippen molar-refractivity contribution in [2.24, 2.45) is 0 Å². The SMILES string of the molecule is CCOC(=O)/C=C/CCCCCN1C=CN(C(C)=O)C1.I. The van der Waals surface area contributed by atoms with E-state index in [0.29, 0.717) is 13.3 Å². The van der Waals surface area contributed by atoms with Crippen LogP contribution in [0.3, 0.4) is 0 Å². The molecule has 6 heteroatoms. The summed E-state index contributed by atoms with van der Waals surface area (Å²) in [6, 6.07) is 0. The Bertz CT molecular complexity index is 383. The molecule has 1 heterocycles. The van der Waals surface area contributed by atoms with Crippen molar-refractivity contribution in [3.8, 4) is 0 Å². The van der Waals surface area contributed by atoms with Gasteiger partial charge >= 0.3 is 5.97 Å². The summed E-state index contributed by atoms with van der Waals surface area (Å²) in [7, 11) is 0. The zero-order valence-corrected chi connectivity index (χ0v) is 15.1. The summed E-state index contributed by atoms with van der Waals surface area (Å²) in [5.41, 5.74) is 0. The van der Waals surface area contributed by atoms with Crippen LogP contribution < -0.4 is 0 Å². The van der Waals surface area contributed by atoms with Gasteiger partial charge in [-0.05, 0) is 26.2 Å². The first-order chi connectivity index (χ1) is 9.63. The summed E-state index contributed by atoms with van der Waals surface area (Å²) >= 11 is 0. The third-order valence-corrected chi connectivity index (χ3v) is 3.05. The fraction of sp³-hybridized carbons (Fsp3) is 0.600. The minimum atomic E-state index is -0.265. The number of ether oxygens (including phenoxy) is 1. The van der Waals surface area contributed by atoms with Crippen LogP contribution in [0.4, 0.5) is 0 Å². The summed E-state index contributed by atoms with van der Waals surface area (Å²) in [6.45, 7) is 5.42. The lowest BCUT2D eigenvalue weighted by Crippen LogP contribution is -2.29. The van der Waals surface area contributed by atoms with Gasteiger partial charge in [0.2, 0.25) is 5.91 Å². The van der Waals surface area contributed by atoms with Crippen molar-refractivity contribution in [2.45, 2.75) is 39.5 Å². The molecule has 1 aliphatic rings. The molecule has 1 amide bonds. The van der Waals surface area contributed by atoms with Crippen LogP contribution in [-0.2, 0) is 14.3 Å². The van der Waals surface area contributed by atoms with E-state index in [2.05, 4.69) is 4.90 Å². The lowest BCUT2D eigenvalue weighted by Gasteiger charge is -2.18. The minimum Gasteiger partial charge on any atom is -0.463 e. The van der Waals surface area contributed by atoms with E-state index in [-0.39, 0.29) is 35.9 Å². The molecule has 1 aliphatic heterocycles. The average molecular weight is 408 g/mol. The van der Waals surface area contributed by atoms with Gasteiger partial charge in [0.15, 0.2) is 0 Å². The second-order valence-electron chi connectivity index (χ2n) is 4.74. The van der Waals surface area contributed by atoms with Crippen molar-refractivity contribution < 1.29 is 14.3 Å². The van der Waals surface area contributed by atoms with Gasteiger partial charge in [-0.2, -0.15) is 0 Å². The van der Waals surface area contributed by atoms with Crippen molar-refractivity contribution in [2.75, 3.05) is 19.8 Å².